The second kappa shape index (κ2) is 11.6. The number of aryl methyl sites for hydroxylation is 2. The summed E-state index contributed by atoms with van der Waals surface area (Å²) >= 11 is 1.32. The van der Waals surface area contributed by atoms with Crippen molar-refractivity contribution in [2.45, 2.75) is 32.0 Å². The topological polar surface area (TPSA) is 87.5 Å². The summed E-state index contributed by atoms with van der Waals surface area (Å²) in [6.07, 6.45) is 2.60. The average Bonchev–Trinajstić information content (AvgIpc) is 3.25. The molecule has 0 bridgehead atoms. The maximum Gasteiger partial charge on any atom is 0.234 e. The summed E-state index contributed by atoms with van der Waals surface area (Å²) in [5.41, 5.74) is 3.77. The number of allylic oxidation sites excluding steroid dienone is 1. The molecule has 0 saturated carbocycles. The van der Waals surface area contributed by atoms with Crippen LogP contribution in [0.1, 0.15) is 18.1 Å². The number of hydrogen-bond acceptors (Lipinski definition) is 7. The summed E-state index contributed by atoms with van der Waals surface area (Å²) in [7, 11) is 4.68. The molecule has 1 aromatic heterocycles. The molecule has 0 atom stereocenters. The van der Waals surface area contributed by atoms with Crippen molar-refractivity contribution < 1.29 is 19.0 Å². The summed E-state index contributed by atoms with van der Waals surface area (Å²) in [6.45, 7) is 8.39. The van der Waals surface area contributed by atoms with Gasteiger partial charge in [-0.25, -0.2) is 0 Å². The van der Waals surface area contributed by atoms with Gasteiger partial charge in [0.1, 0.15) is 0 Å². The number of ether oxygens (including phenoxy) is 3. The number of para-hydroxylation sites is 1. The predicted octanol–water partition coefficient (Wildman–Crippen LogP) is 4.76. The van der Waals surface area contributed by atoms with Gasteiger partial charge in [0, 0.05) is 17.8 Å². The summed E-state index contributed by atoms with van der Waals surface area (Å²) < 4.78 is 18.3. The number of carbonyl (C=O) groups is 1. The van der Waals surface area contributed by atoms with Crippen molar-refractivity contribution in [1.82, 2.24) is 14.8 Å². The molecular weight excluding hydrogens is 452 g/mol. The zero-order chi connectivity index (χ0) is 24.7. The number of thioether (sulfide) groups is 1. The first-order valence-corrected chi connectivity index (χ1v) is 11.8. The molecule has 0 aliphatic heterocycles. The van der Waals surface area contributed by atoms with Gasteiger partial charge in [0.25, 0.3) is 0 Å². The highest BCUT2D eigenvalue weighted by molar-refractivity contribution is 7.99. The lowest BCUT2D eigenvalue weighted by Gasteiger charge is -2.15. The Labute approximate surface area is 204 Å². The lowest BCUT2D eigenvalue weighted by atomic mass is 10.1. The maximum absolute atomic E-state index is 12.7. The lowest BCUT2D eigenvalue weighted by molar-refractivity contribution is -0.113. The van der Waals surface area contributed by atoms with Crippen LogP contribution in [-0.4, -0.2) is 47.8 Å². The minimum atomic E-state index is -0.100. The van der Waals surface area contributed by atoms with Crippen LogP contribution in [0.3, 0.4) is 0 Å². The first-order valence-electron chi connectivity index (χ1n) is 10.8. The Bertz CT molecular complexity index is 1150. The standard InChI is InChI=1S/C25H30N4O4S/c1-7-12-29-24(18-13-19(31-4)23(33-6)20(14-18)32-5)27-28-25(29)34-15-21(30)26-22-16(3)10-9-11-17(22)8-2/h7,9-11,13-14H,1,8,12,15H2,2-6H3,(H,26,30). The first kappa shape index (κ1) is 25.2. The van der Waals surface area contributed by atoms with Gasteiger partial charge in [0.15, 0.2) is 22.5 Å². The Hall–Kier alpha value is -3.46. The van der Waals surface area contributed by atoms with E-state index in [1.54, 1.807) is 27.4 Å². The molecule has 34 heavy (non-hydrogen) atoms. The number of methoxy groups -OCH3 is 3. The summed E-state index contributed by atoms with van der Waals surface area (Å²) in [6, 6.07) is 9.65. The highest BCUT2D eigenvalue weighted by atomic mass is 32.2. The second-order valence-corrected chi connectivity index (χ2v) is 8.36. The molecule has 0 spiro atoms. The minimum absolute atomic E-state index is 0.100. The number of benzene rings is 2. The van der Waals surface area contributed by atoms with Gasteiger partial charge in [-0.2, -0.15) is 0 Å². The molecule has 0 unspecified atom stereocenters. The predicted molar refractivity (Wildman–Crippen MR) is 135 cm³/mol. The van der Waals surface area contributed by atoms with Gasteiger partial charge < -0.3 is 19.5 Å². The second-order valence-electron chi connectivity index (χ2n) is 7.42. The number of nitrogens with one attached hydrogen (secondary N) is 1. The van der Waals surface area contributed by atoms with Crippen LogP contribution in [0.5, 0.6) is 17.2 Å². The Morgan fingerprint density at radius 1 is 1.15 bits per heavy atom. The number of aromatic nitrogens is 3. The van der Waals surface area contributed by atoms with E-state index in [-0.39, 0.29) is 11.7 Å². The van der Waals surface area contributed by atoms with Crippen LogP contribution >= 0.6 is 11.8 Å². The van der Waals surface area contributed by atoms with Crippen molar-refractivity contribution in [1.29, 1.82) is 0 Å². The lowest BCUT2D eigenvalue weighted by Crippen LogP contribution is -2.16. The van der Waals surface area contributed by atoms with E-state index in [0.717, 1.165) is 28.8 Å². The van der Waals surface area contributed by atoms with E-state index in [1.807, 2.05) is 41.8 Å². The van der Waals surface area contributed by atoms with Gasteiger partial charge in [-0.3, -0.25) is 9.36 Å². The van der Waals surface area contributed by atoms with E-state index < -0.39 is 0 Å². The third kappa shape index (κ3) is 5.36. The largest absolute Gasteiger partial charge is 0.493 e. The molecule has 0 aliphatic carbocycles. The Morgan fingerprint density at radius 2 is 1.85 bits per heavy atom. The first-order chi connectivity index (χ1) is 16.5. The van der Waals surface area contributed by atoms with Gasteiger partial charge in [0.2, 0.25) is 11.7 Å². The molecule has 1 N–H and O–H groups in total. The van der Waals surface area contributed by atoms with Crippen LogP contribution in [0.15, 0.2) is 48.1 Å². The van der Waals surface area contributed by atoms with Crippen LogP contribution < -0.4 is 19.5 Å². The van der Waals surface area contributed by atoms with Crippen molar-refractivity contribution in [2.24, 2.45) is 0 Å². The molecule has 9 heteroatoms. The fourth-order valence-electron chi connectivity index (χ4n) is 3.62. The number of amides is 1. The highest BCUT2D eigenvalue weighted by Gasteiger charge is 2.20. The van der Waals surface area contributed by atoms with E-state index in [1.165, 1.54) is 11.8 Å². The van der Waals surface area contributed by atoms with Gasteiger partial charge in [-0.1, -0.05) is 43.0 Å². The van der Waals surface area contributed by atoms with Gasteiger partial charge in [0.05, 0.1) is 27.1 Å². The quantitative estimate of drug-likeness (QED) is 0.311. The third-order valence-corrected chi connectivity index (χ3v) is 6.25. The SMILES string of the molecule is C=CCn1c(SCC(=O)Nc2c(C)cccc2CC)nnc1-c1cc(OC)c(OC)c(OC)c1. The number of carbonyl (C=O) groups excluding carboxylic acids is 1. The fourth-order valence-corrected chi connectivity index (χ4v) is 4.37. The van der Waals surface area contributed by atoms with Crippen molar-refractivity contribution in [3.05, 3.63) is 54.1 Å². The molecule has 0 aliphatic rings. The van der Waals surface area contributed by atoms with E-state index in [0.29, 0.717) is 34.8 Å². The molecule has 3 rings (SSSR count). The zero-order valence-corrected chi connectivity index (χ0v) is 21.0. The Kier molecular flexibility index (Phi) is 8.59. The fraction of sp³-hybridized carbons (Fsp3) is 0.320. The molecule has 0 radical (unpaired) electrons. The summed E-state index contributed by atoms with van der Waals surface area (Å²) in [5, 5.41) is 12.4. The van der Waals surface area contributed by atoms with E-state index in [9.17, 15) is 4.79 Å². The average molecular weight is 483 g/mol. The molecule has 0 fully saturated rings. The van der Waals surface area contributed by atoms with Crippen molar-refractivity contribution >= 4 is 23.4 Å². The van der Waals surface area contributed by atoms with E-state index >= 15 is 0 Å². The van der Waals surface area contributed by atoms with Gasteiger partial charge >= 0.3 is 0 Å². The normalized spacial score (nSPS) is 10.6. The van der Waals surface area contributed by atoms with Crippen LogP contribution in [0.2, 0.25) is 0 Å². The molecule has 1 amide bonds. The summed E-state index contributed by atoms with van der Waals surface area (Å²) in [5.74, 6) is 2.23. The number of hydrogen-bond donors (Lipinski definition) is 1. The molecule has 3 aromatic rings. The summed E-state index contributed by atoms with van der Waals surface area (Å²) in [4.78, 5) is 12.7. The third-order valence-electron chi connectivity index (χ3n) is 5.29. The zero-order valence-electron chi connectivity index (χ0n) is 20.2. The molecular formula is C25H30N4O4S. The Morgan fingerprint density at radius 3 is 2.44 bits per heavy atom. The Balaban J connectivity index is 1.85. The van der Waals surface area contributed by atoms with E-state index in [2.05, 4.69) is 29.0 Å². The van der Waals surface area contributed by atoms with Gasteiger partial charge in [-0.05, 0) is 36.6 Å². The molecule has 1 heterocycles. The van der Waals surface area contributed by atoms with E-state index in [4.69, 9.17) is 14.2 Å². The van der Waals surface area contributed by atoms with Crippen molar-refractivity contribution in [3.8, 4) is 28.6 Å². The number of rotatable bonds is 11. The van der Waals surface area contributed by atoms with Crippen molar-refractivity contribution in [2.75, 3.05) is 32.4 Å². The van der Waals surface area contributed by atoms with Crippen LogP contribution in [0.4, 0.5) is 5.69 Å². The van der Waals surface area contributed by atoms with Crippen LogP contribution in [0.25, 0.3) is 11.4 Å². The number of nitrogens with zero attached hydrogens (tertiary/aromatic N) is 3. The maximum atomic E-state index is 12.7. The minimum Gasteiger partial charge on any atom is -0.493 e. The monoisotopic (exact) mass is 482 g/mol. The van der Waals surface area contributed by atoms with Crippen LogP contribution in [0, 0.1) is 6.92 Å². The molecule has 180 valence electrons. The highest BCUT2D eigenvalue weighted by Crippen LogP contribution is 2.41. The number of anilines is 1. The molecule has 8 nitrogen and oxygen atoms in total. The van der Waals surface area contributed by atoms with Gasteiger partial charge in [-0.15, -0.1) is 16.8 Å². The molecule has 2 aromatic carbocycles. The smallest absolute Gasteiger partial charge is 0.234 e. The van der Waals surface area contributed by atoms with Crippen LogP contribution in [-0.2, 0) is 17.8 Å². The molecule has 0 saturated heterocycles. The van der Waals surface area contributed by atoms with Crippen molar-refractivity contribution in [3.63, 3.8) is 0 Å².